The maximum absolute atomic E-state index is 13.0. The first-order chi connectivity index (χ1) is 12.6. The topological polar surface area (TPSA) is 75.4 Å². The summed E-state index contributed by atoms with van der Waals surface area (Å²) in [7, 11) is -3.95. The molecule has 0 amide bonds. The average molecular weight is 428 g/mol. The lowest BCUT2D eigenvalue weighted by molar-refractivity contribution is 0.601. The molecule has 0 aromatic heterocycles. The molecule has 1 saturated heterocycles. The van der Waals surface area contributed by atoms with E-state index in [4.69, 9.17) is 28.9 Å². The van der Waals surface area contributed by atoms with Crippen molar-refractivity contribution >= 4 is 50.3 Å². The molecule has 146 valence electrons. The third-order valence-electron chi connectivity index (χ3n) is 4.94. The van der Waals surface area contributed by atoms with Crippen LogP contribution in [-0.4, -0.2) is 21.5 Å². The van der Waals surface area contributed by atoms with Crippen molar-refractivity contribution in [3.05, 3.63) is 44.9 Å². The largest absolute Gasteiger partial charge is 0.396 e. The molecular weight excluding hydrogens is 405 g/mol. The van der Waals surface area contributed by atoms with Crippen LogP contribution in [0.5, 0.6) is 0 Å². The van der Waals surface area contributed by atoms with Crippen LogP contribution in [0.4, 0.5) is 17.1 Å². The summed E-state index contributed by atoms with van der Waals surface area (Å²) >= 11 is 12.0. The van der Waals surface area contributed by atoms with Gasteiger partial charge in [-0.25, -0.2) is 8.42 Å². The second-order valence-electron chi connectivity index (χ2n) is 6.96. The Kier molecular flexibility index (Phi) is 5.52. The SMILES string of the molecule is Cc1cc(C)c(N2CCCC2)c(C)c1NS(=O)(=O)c1cc(Cl)cc(Cl)c1N. The Morgan fingerprint density at radius 3 is 2.30 bits per heavy atom. The zero-order chi connectivity index (χ0) is 19.9. The number of rotatable bonds is 4. The molecule has 0 unspecified atom stereocenters. The van der Waals surface area contributed by atoms with E-state index in [1.54, 1.807) is 0 Å². The number of benzene rings is 2. The fourth-order valence-electron chi connectivity index (χ4n) is 3.73. The molecule has 5 nitrogen and oxygen atoms in total. The first-order valence-electron chi connectivity index (χ1n) is 8.75. The molecule has 0 radical (unpaired) electrons. The summed E-state index contributed by atoms with van der Waals surface area (Å²) in [4.78, 5) is 2.19. The second kappa shape index (κ2) is 7.41. The van der Waals surface area contributed by atoms with Crippen LogP contribution in [0, 0.1) is 20.8 Å². The number of nitrogens with one attached hydrogen (secondary N) is 1. The number of hydrogen-bond acceptors (Lipinski definition) is 4. The molecule has 2 aromatic carbocycles. The highest BCUT2D eigenvalue weighted by Crippen LogP contribution is 2.38. The van der Waals surface area contributed by atoms with Gasteiger partial charge in [-0.15, -0.1) is 0 Å². The average Bonchev–Trinajstić information content (AvgIpc) is 3.08. The van der Waals surface area contributed by atoms with Crippen LogP contribution < -0.4 is 15.4 Å². The van der Waals surface area contributed by atoms with Crippen molar-refractivity contribution < 1.29 is 8.42 Å². The van der Waals surface area contributed by atoms with Gasteiger partial charge < -0.3 is 10.6 Å². The molecule has 0 atom stereocenters. The Morgan fingerprint density at radius 1 is 1.04 bits per heavy atom. The van der Waals surface area contributed by atoms with Gasteiger partial charge in [-0.2, -0.15) is 0 Å². The molecular formula is C19H23Cl2N3O2S. The highest BCUT2D eigenvalue weighted by molar-refractivity contribution is 7.93. The van der Waals surface area contributed by atoms with Gasteiger partial charge in [0.15, 0.2) is 0 Å². The third-order valence-corrected chi connectivity index (χ3v) is 6.86. The first kappa shape index (κ1) is 20.1. The van der Waals surface area contributed by atoms with E-state index in [1.165, 1.54) is 12.1 Å². The van der Waals surface area contributed by atoms with Crippen LogP contribution in [0.2, 0.25) is 10.0 Å². The van der Waals surface area contributed by atoms with Crippen LogP contribution in [0.25, 0.3) is 0 Å². The molecule has 1 aliphatic heterocycles. The van der Waals surface area contributed by atoms with E-state index in [9.17, 15) is 8.42 Å². The number of aryl methyl sites for hydroxylation is 2. The molecule has 8 heteroatoms. The van der Waals surface area contributed by atoms with Crippen molar-refractivity contribution in [1.82, 2.24) is 0 Å². The number of hydrogen-bond donors (Lipinski definition) is 2. The Labute approximate surface area is 170 Å². The van der Waals surface area contributed by atoms with Crippen LogP contribution >= 0.6 is 23.2 Å². The lowest BCUT2D eigenvalue weighted by Gasteiger charge is -2.26. The quantitative estimate of drug-likeness (QED) is 0.680. The zero-order valence-corrected chi connectivity index (χ0v) is 17.9. The zero-order valence-electron chi connectivity index (χ0n) is 15.6. The molecule has 2 aromatic rings. The van der Waals surface area contributed by atoms with Gasteiger partial charge in [0.25, 0.3) is 10.0 Å². The summed E-state index contributed by atoms with van der Waals surface area (Å²) in [5.74, 6) is 0. The van der Waals surface area contributed by atoms with Crippen molar-refractivity contribution in [2.24, 2.45) is 0 Å². The van der Waals surface area contributed by atoms with Crippen LogP contribution in [-0.2, 0) is 10.0 Å². The number of nitrogens with two attached hydrogens (primary N) is 1. The summed E-state index contributed by atoms with van der Waals surface area (Å²) in [5, 5.41) is 0.322. The number of nitrogens with zero attached hydrogens (tertiary/aromatic N) is 1. The number of anilines is 3. The van der Waals surface area contributed by atoms with Gasteiger partial charge >= 0.3 is 0 Å². The van der Waals surface area contributed by atoms with Gasteiger partial charge in [-0.1, -0.05) is 29.3 Å². The highest BCUT2D eigenvalue weighted by Gasteiger charge is 2.25. The molecule has 0 spiro atoms. The van der Waals surface area contributed by atoms with Crippen LogP contribution in [0.3, 0.4) is 0 Å². The predicted molar refractivity (Wildman–Crippen MR) is 114 cm³/mol. The van der Waals surface area contributed by atoms with Crippen molar-refractivity contribution in [2.75, 3.05) is 28.4 Å². The monoisotopic (exact) mass is 427 g/mol. The maximum Gasteiger partial charge on any atom is 0.264 e. The summed E-state index contributed by atoms with van der Waals surface area (Å²) < 4.78 is 28.8. The van der Waals surface area contributed by atoms with Crippen molar-refractivity contribution in [3.8, 4) is 0 Å². The molecule has 1 aliphatic rings. The fourth-order valence-corrected chi connectivity index (χ4v) is 5.72. The number of sulfonamides is 1. The predicted octanol–water partition coefficient (Wildman–Crippen LogP) is 4.90. The van der Waals surface area contributed by atoms with E-state index >= 15 is 0 Å². The van der Waals surface area contributed by atoms with Gasteiger partial charge in [-0.05, 0) is 62.4 Å². The summed E-state index contributed by atoms with van der Waals surface area (Å²) in [6.07, 6.45) is 2.29. The van der Waals surface area contributed by atoms with E-state index in [0.29, 0.717) is 5.69 Å². The van der Waals surface area contributed by atoms with Gasteiger partial charge in [0.2, 0.25) is 0 Å². The van der Waals surface area contributed by atoms with E-state index in [0.717, 1.165) is 48.3 Å². The lowest BCUT2D eigenvalue weighted by Crippen LogP contribution is -2.22. The smallest absolute Gasteiger partial charge is 0.264 e. The summed E-state index contributed by atoms with van der Waals surface area (Å²) in [6, 6.07) is 4.74. The molecule has 3 N–H and O–H groups in total. The van der Waals surface area contributed by atoms with Gasteiger partial charge in [-0.3, -0.25) is 4.72 Å². The molecule has 27 heavy (non-hydrogen) atoms. The van der Waals surface area contributed by atoms with Gasteiger partial charge in [0.05, 0.1) is 16.4 Å². The normalized spacial score (nSPS) is 14.6. The third kappa shape index (κ3) is 3.84. The molecule has 0 saturated carbocycles. The molecule has 0 aliphatic carbocycles. The Hall–Kier alpha value is -1.63. The van der Waals surface area contributed by atoms with E-state index in [-0.39, 0.29) is 20.6 Å². The van der Waals surface area contributed by atoms with E-state index in [2.05, 4.69) is 16.5 Å². The fraction of sp³-hybridized carbons (Fsp3) is 0.368. The summed E-state index contributed by atoms with van der Waals surface area (Å²) in [6.45, 7) is 7.85. The molecule has 3 rings (SSSR count). The molecule has 1 heterocycles. The van der Waals surface area contributed by atoms with E-state index in [1.807, 2.05) is 19.9 Å². The lowest BCUT2D eigenvalue weighted by atomic mass is 10.0. The Balaban J connectivity index is 2.09. The van der Waals surface area contributed by atoms with Gasteiger partial charge in [0.1, 0.15) is 4.90 Å². The Bertz CT molecular complexity index is 1000. The first-order valence-corrected chi connectivity index (χ1v) is 11.0. The van der Waals surface area contributed by atoms with Crippen LogP contribution in [0.1, 0.15) is 29.5 Å². The molecule has 0 bridgehead atoms. The molecule has 1 fully saturated rings. The second-order valence-corrected chi connectivity index (χ2v) is 9.45. The number of halogens is 2. The minimum absolute atomic E-state index is 0.0178. The Morgan fingerprint density at radius 2 is 1.67 bits per heavy atom. The number of nitrogen functional groups attached to an aromatic ring is 1. The minimum atomic E-state index is -3.95. The van der Waals surface area contributed by atoms with E-state index < -0.39 is 10.0 Å². The minimum Gasteiger partial charge on any atom is -0.396 e. The standard InChI is InChI=1S/C19H23Cl2N3O2S/c1-11-8-12(2)19(24-6-4-5-7-24)13(3)18(11)23-27(25,26)16-10-14(20)9-15(21)17(16)22/h8-10,23H,4-7,22H2,1-3H3. The summed E-state index contributed by atoms with van der Waals surface area (Å²) in [5.41, 5.74) is 10.4. The maximum atomic E-state index is 13.0. The van der Waals surface area contributed by atoms with Crippen molar-refractivity contribution in [2.45, 2.75) is 38.5 Å². The van der Waals surface area contributed by atoms with Crippen molar-refractivity contribution in [1.29, 1.82) is 0 Å². The van der Waals surface area contributed by atoms with Crippen molar-refractivity contribution in [3.63, 3.8) is 0 Å². The highest BCUT2D eigenvalue weighted by atomic mass is 35.5. The van der Waals surface area contributed by atoms with Gasteiger partial charge in [0, 0.05) is 23.8 Å². The van der Waals surface area contributed by atoms with Crippen LogP contribution in [0.15, 0.2) is 23.1 Å².